The zero-order chi connectivity index (χ0) is 21.2. The van der Waals surface area contributed by atoms with Gasteiger partial charge in [0.05, 0.1) is 6.04 Å². The Kier molecular flexibility index (Phi) is 7.61. The van der Waals surface area contributed by atoms with Gasteiger partial charge >= 0.3 is 6.03 Å². The molecule has 4 N–H and O–H groups in total. The van der Waals surface area contributed by atoms with Crippen molar-refractivity contribution in [1.29, 1.82) is 0 Å². The minimum absolute atomic E-state index is 0.0568. The van der Waals surface area contributed by atoms with Gasteiger partial charge in [0.1, 0.15) is 0 Å². The summed E-state index contributed by atoms with van der Waals surface area (Å²) in [7, 11) is 0. The summed E-state index contributed by atoms with van der Waals surface area (Å²) in [4.78, 5) is 23.7. The van der Waals surface area contributed by atoms with Gasteiger partial charge in [-0.05, 0) is 48.1 Å². The third kappa shape index (κ3) is 6.48. The third-order valence-electron chi connectivity index (χ3n) is 4.99. The number of primary amides is 1. The number of carbonyl (C=O) groups excluding carboxylic acids is 2. The highest BCUT2D eigenvalue weighted by atomic mass is 16.2. The van der Waals surface area contributed by atoms with Crippen LogP contribution in [0.3, 0.4) is 0 Å². The first kappa shape index (κ1) is 21.1. The lowest BCUT2D eigenvalue weighted by Gasteiger charge is -2.19. The van der Waals surface area contributed by atoms with Crippen LogP contribution in [-0.2, 0) is 13.0 Å². The first-order valence-corrected chi connectivity index (χ1v) is 10.1. The summed E-state index contributed by atoms with van der Waals surface area (Å²) in [6.45, 7) is 0.337. The quantitative estimate of drug-likeness (QED) is 0.498. The van der Waals surface area contributed by atoms with Gasteiger partial charge in [-0.2, -0.15) is 0 Å². The van der Waals surface area contributed by atoms with Gasteiger partial charge in [-0.25, -0.2) is 4.79 Å². The Hall–Kier alpha value is -3.60. The molecule has 154 valence electrons. The molecule has 0 radical (unpaired) electrons. The minimum Gasteiger partial charge on any atom is -0.352 e. The van der Waals surface area contributed by atoms with Crippen LogP contribution >= 0.6 is 0 Å². The number of nitrogens with one attached hydrogen (secondary N) is 2. The molecule has 3 aromatic carbocycles. The molecule has 0 aliphatic carbocycles. The zero-order valence-corrected chi connectivity index (χ0v) is 16.9. The van der Waals surface area contributed by atoms with E-state index in [2.05, 4.69) is 34.9 Å². The van der Waals surface area contributed by atoms with E-state index in [0.717, 1.165) is 30.4 Å². The summed E-state index contributed by atoms with van der Waals surface area (Å²) in [5, 5.41) is 5.72. The van der Waals surface area contributed by atoms with Gasteiger partial charge in [-0.15, -0.1) is 0 Å². The number of rotatable bonds is 9. The van der Waals surface area contributed by atoms with Crippen molar-refractivity contribution in [3.63, 3.8) is 0 Å². The van der Waals surface area contributed by atoms with Crippen molar-refractivity contribution >= 4 is 11.9 Å². The van der Waals surface area contributed by atoms with Crippen LogP contribution in [0.25, 0.3) is 0 Å². The molecule has 1 unspecified atom stereocenters. The standard InChI is InChI=1S/C25H27N3O2/c26-25(30)27-18-20-14-16-22(17-15-20)24(29)28-23(21-11-5-2-6-12-21)13-7-10-19-8-3-1-4-9-19/h1-6,8-9,11-12,14-17,23H,7,10,13,18H2,(H,28,29)(H3,26,27,30). The molecule has 0 spiro atoms. The molecule has 0 saturated heterocycles. The average molecular weight is 402 g/mol. The van der Waals surface area contributed by atoms with Crippen molar-refractivity contribution < 1.29 is 9.59 Å². The Morgan fingerprint density at radius 3 is 2.07 bits per heavy atom. The van der Waals surface area contributed by atoms with Gasteiger partial charge in [-0.1, -0.05) is 72.8 Å². The van der Waals surface area contributed by atoms with Crippen LogP contribution in [0.1, 0.15) is 45.9 Å². The van der Waals surface area contributed by atoms with Gasteiger partial charge in [0.15, 0.2) is 0 Å². The predicted octanol–water partition coefficient (Wildman–Crippen LogP) is 4.35. The maximum Gasteiger partial charge on any atom is 0.312 e. The second kappa shape index (κ2) is 10.8. The van der Waals surface area contributed by atoms with Crippen molar-refractivity contribution in [1.82, 2.24) is 10.6 Å². The Morgan fingerprint density at radius 1 is 0.800 bits per heavy atom. The molecule has 3 rings (SSSR count). The number of amides is 3. The lowest BCUT2D eigenvalue weighted by molar-refractivity contribution is 0.0934. The summed E-state index contributed by atoms with van der Waals surface area (Å²) in [5.74, 6) is -0.113. The topological polar surface area (TPSA) is 84.2 Å². The van der Waals surface area contributed by atoms with E-state index in [1.807, 2.05) is 48.5 Å². The molecular weight excluding hydrogens is 374 g/mol. The van der Waals surface area contributed by atoms with E-state index in [4.69, 9.17) is 5.73 Å². The van der Waals surface area contributed by atoms with E-state index in [9.17, 15) is 9.59 Å². The molecule has 0 aliphatic rings. The van der Waals surface area contributed by atoms with E-state index < -0.39 is 6.03 Å². The monoisotopic (exact) mass is 401 g/mol. The molecule has 0 aliphatic heterocycles. The molecule has 0 heterocycles. The number of urea groups is 1. The number of hydrogen-bond donors (Lipinski definition) is 3. The number of carbonyl (C=O) groups is 2. The van der Waals surface area contributed by atoms with Gasteiger partial charge in [0.25, 0.3) is 5.91 Å². The molecule has 30 heavy (non-hydrogen) atoms. The second-order valence-electron chi connectivity index (χ2n) is 7.23. The molecular formula is C25H27N3O2. The highest BCUT2D eigenvalue weighted by molar-refractivity contribution is 5.94. The van der Waals surface area contributed by atoms with Crippen LogP contribution in [0.2, 0.25) is 0 Å². The number of benzene rings is 3. The Morgan fingerprint density at radius 2 is 1.43 bits per heavy atom. The van der Waals surface area contributed by atoms with E-state index in [1.165, 1.54) is 5.56 Å². The van der Waals surface area contributed by atoms with Crippen LogP contribution in [-0.4, -0.2) is 11.9 Å². The Bertz CT molecular complexity index is 941. The number of hydrogen-bond acceptors (Lipinski definition) is 2. The smallest absolute Gasteiger partial charge is 0.312 e. The molecule has 0 saturated carbocycles. The van der Waals surface area contributed by atoms with E-state index in [-0.39, 0.29) is 11.9 Å². The molecule has 3 amide bonds. The summed E-state index contributed by atoms with van der Waals surface area (Å²) >= 11 is 0. The van der Waals surface area contributed by atoms with Crippen molar-refractivity contribution in [2.24, 2.45) is 5.73 Å². The van der Waals surface area contributed by atoms with Gasteiger partial charge in [-0.3, -0.25) is 4.79 Å². The fourth-order valence-corrected chi connectivity index (χ4v) is 3.37. The Labute approximate surface area is 177 Å². The van der Waals surface area contributed by atoms with Crippen LogP contribution in [0.5, 0.6) is 0 Å². The second-order valence-corrected chi connectivity index (χ2v) is 7.23. The van der Waals surface area contributed by atoms with Crippen LogP contribution in [0.15, 0.2) is 84.9 Å². The SMILES string of the molecule is NC(=O)NCc1ccc(C(=O)NC(CCCc2ccccc2)c2ccccc2)cc1. The third-order valence-corrected chi connectivity index (χ3v) is 4.99. The zero-order valence-electron chi connectivity index (χ0n) is 16.9. The van der Waals surface area contributed by atoms with Crippen molar-refractivity contribution in [3.05, 3.63) is 107 Å². The molecule has 1 atom stereocenters. The fourth-order valence-electron chi connectivity index (χ4n) is 3.37. The number of nitrogens with two attached hydrogens (primary N) is 1. The molecule has 5 heteroatoms. The lowest BCUT2D eigenvalue weighted by atomic mass is 9.98. The molecule has 5 nitrogen and oxygen atoms in total. The largest absolute Gasteiger partial charge is 0.352 e. The van der Waals surface area contributed by atoms with Gasteiger partial charge < -0.3 is 16.4 Å². The van der Waals surface area contributed by atoms with Crippen LogP contribution in [0, 0.1) is 0 Å². The minimum atomic E-state index is -0.571. The van der Waals surface area contributed by atoms with Gasteiger partial charge in [0, 0.05) is 12.1 Å². The van der Waals surface area contributed by atoms with E-state index in [1.54, 1.807) is 12.1 Å². The number of aryl methyl sites for hydroxylation is 1. The lowest BCUT2D eigenvalue weighted by Crippen LogP contribution is -2.29. The summed E-state index contributed by atoms with van der Waals surface area (Å²) in [6, 6.07) is 27.0. The van der Waals surface area contributed by atoms with E-state index in [0.29, 0.717) is 12.1 Å². The first-order valence-electron chi connectivity index (χ1n) is 10.1. The summed E-state index contributed by atoms with van der Waals surface area (Å²) in [5.41, 5.74) is 8.96. The maximum absolute atomic E-state index is 12.8. The molecule has 3 aromatic rings. The fraction of sp³-hybridized carbons (Fsp3) is 0.200. The van der Waals surface area contributed by atoms with E-state index >= 15 is 0 Å². The highest BCUT2D eigenvalue weighted by Gasteiger charge is 2.15. The summed E-state index contributed by atoms with van der Waals surface area (Å²) < 4.78 is 0. The molecule has 0 fully saturated rings. The first-order chi connectivity index (χ1) is 14.6. The molecule has 0 bridgehead atoms. The van der Waals surface area contributed by atoms with Crippen LogP contribution < -0.4 is 16.4 Å². The van der Waals surface area contributed by atoms with Gasteiger partial charge in [0.2, 0.25) is 0 Å². The predicted molar refractivity (Wildman–Crippen MR) is 119 cm³/mol. The van der Waals surface area contributed by atoms with Crippen LogP contribution in [0.4, 0.5) is 4.79 Å². The Balaban J connectivity index is 1.63. The normalized spacial score (nSPS) is 11.5. The van der Waals surface area contributed by atoms with Crippen molar-refractivity contribution in [2.45, 2.75) is 31.8 Å². The van der Waals surface area contributed by atoms with Crippen molar-refractivity contribution in [3.8, 4) is 0 Å². The van der Waals surface area contributed by atoms with Crippen molar-refractivity contribution in [2.75, 3.05) is 0 Å². The average Bonchev–Trinajstić information content (AvgIpc) is 2.78. The maximum atomic E-state index is 12.8. The highest BCUT2D eigenvalue weighted by Crippen LogP contribution is 2.20. The summed E-state index contributed by atoms with van der Waals surface area (Å²) in [6.07, 6.45) is 2.80. The molecule has 0 aromatic heterocycles.